The molecule has 0 spiro atoms. The number of aliphatic hydroxyl groups excluding tert-OH is 2. The predicted octanol–water partition coefficient (Wildman–Crippen LogP) is -4.51. The summed E-state index contributed by atoms with van der Waals surface area (Å²) in [6.45, 7) is 5.74. The highest BCUT2D eigenvalue weighted by Crippen LogP contribution is 2.28. The van der Waals surface area contributed by atoms with Crippen molar-refractivity contribution in [2.24, 2.45) is 34.0 Å². The van der Waals surface area contributed by atoms with Crippen LogP contribution in [0.25, 0.3) is 0 Å². The average molecular weight is 1550 g/mol. The Morgan fingerprint density at radius 3 is 1.57 bits per heavy atom. The maximum absolute atomic E-state index is 14.9. The number of rotatable bonds is 42. The van der Waals surface area contributed by atoms with E-state index in [1.165, 1.54) is 21.6 Å². The molecule has 596 valence electrons. The first-order valence-corrected chi connectivity index (χ1v) is 37.3. The van der Waals surface area contributed by atoms with E-state index in [1.54, 1.807) is 88.4 Å². The predicted molar refractivity (Wildman–Crippen MR) is 398 cm³/mol. The van der Waals surface area contributed by atoms with Gasteiger partial charge >= 0.3 is 11.9 Å². The molecule has 0 saturated carbocycles. The lowest BCUT2D eigenvalue weighted by Gasteiger charge is -2.35. The monoisotopic (exact) mass is 1550 g/mol. The smallest absolute Gasteiger partial charge is 0.326 e. The van der Waals surface area contributed by atoms with Crippen LogP contribution >= 0.6 is 25.3 Å². The number of nitrogens with zero attached hydrogens (tertiary/aromatic N) is 5. The molecule has 2 aromatic rings. The number of aliphatic hydroxyl groups is 2. The largest absolute Gasteiger partial charge is 0.481 e. The summed E-state index contributed by atoms with van der Waals surface area (Å²) >= 11 is 8.59. The van der Waals surface area contributed by atoms with Crippen LogP contribution in [0.2, 0.25) is 0 Å². The van der Waals surface area contributed by atoms with Crippen molar-refractivity contribution in [3.63, 3.8) is 0 Å². The van der Waals surface area contributed by atoms with E-state index in [9.17, 15) is 92.3 Å². The SMILES string of the molecule is CC[C@H](C)[C@H](NC(=O)[C@@H]1CCCN1C(=O)[C@@H]1CCCN1C(=O)[C@@H](NC(=O)[C@H](CO)NC(=O)CN(Cc1ccccc1)C(=O)[C@@H](NC(=O)[C@H](CS)NC(=O)[C@H](CCCN=C(N)N)NC(=O)CN)[C@@H](C)O)[C@@H](C)CC)C(=O)N[C@@H](CS)C(=O)N[C@@H](Cc1ccccc1)C(=O)N1CCC[C@H]1C(=O)N[C@@H](CC(=O)O)C(=O)O. The lowest BCUT2D eigenvalue weighted by molar-refractivity contribution is -0.149. The number of carboxylic acids is 2. The second-order valence-corrected chi connectivity index (χ2v) is 27.8. The van der Waals surface area contributed by atoms with Crippen LogP contribution in [0.5, 0.6) is 0 Å². The van der Waals surface area contributed by atoms with E-state index < -0.39 is 205 Å². The fourth-order valence-electron chi connectivity index (χ4n) is 12.7. The molecule has 19 N–H and O–H groups in total. The number of hydrogen-bond donors (Lipinski definition) is 18. The molecule has 3 aliphatic heterocycles. The topological polar surface area (TPSA) is 549 Å². The number of nitrogens with one attached hydrogen (secondary N) is 9. The highest BCUT2D eigenvalue weighted by molar-refractivity contribution is 7.80. The second kappa shape index (κ2) is 44.0. The van der Waals surface area contributed by atoms with E-state index >= 15 is 0 Å². The third-order valence-corrected chi connectivity index (χ3v) is 19.8. The first kappa shape index (κ1) is 89.0. The van der Waals surface area contributed by atoms with Gasteiger partial charge in [-0.1, -0.05) is 101 Å². The van der Waals surface area contributed by atoms with E-state index in [1.807, 2.05) is 0 Å². The number of carbonyl (C=O) groups excluding carboxylic acids is 13. The molecule has 3 fully saturated rings. The molecule has 0 unspecified atom stereocenters. The third kappa shape index (κ3) is 26.1. The Hall–Kier alpha value is -9.66. The summed E-state index contributed by atoms with van der Waals surface area (Å²) in [4.78, 5) is 215. The third-order valence-electron chi connectivity index (χ3n) is 19.1. The Bertz CT molecular complexity index is 3510. The van der Waals surface area contributed by atoms with E-state index in [-0.39, 0.29) is 88.7 Å². The van der Waals surface area contributed by atoms with Crippen molar-refractivity contribution in [1.29, 1.82) is 0 Å². The fraction of sp³-hybridized carbons (Fsp3) is 0.600. The highest BCUT2D eigenvalue weighted by Gasteiger charge is 2.47. The standard InChI is InChI=1S/C70H105N17O19S2/c1-6-38(3)55(64(100)80-47(36-107)60(96)77-44(30-41-18-10-8-11-19-41)65(101)85-27-15-23-49(85)62(98)78-45(69(105)106)31-54(92)93)81-63(99)50-24-16-28-86(50)66(102)51-25-17-29-87(51)68(104)56(39(4)7-2)82-59(95)46(35-88)76-53(91)34-84(33-42-20-12-9-13-21-42)67(103)57(40(5)89)83-61(97)48(37-108)79-58(94)43(75-52(90)32-71)22-14-26-74-70(72)73/h8-13,18-21,38-40,43-51,55-57,88-89,107-108H,6-7,14-17,22-37,71H2,1-5H3,(H,75,90)(H,76,91)(H,77,96)(H,78,98)(H,79,94)(H,80,100)(H,81,99)(H,82,95)(H,83,97)(H,92,93)(H,105,106)(H4,72,73,74)/t38-,39-,40+,43-,44-,45-,46-,47-,48-,49-,50-,51-,55-,56-,57-/m0/s1. The molecule has 0 aromatic heterocycles. The normalized spacial score (nSPS) is 18.7. The summed E-state index contributed by atoms with van der Waals surface area (Å²) in [5.41, 5.74) is 17.4. The summed E-state index contributed by atoms with van der Waals surface area (Å²) in [7, 11) is 0. The fourth-order valence-corrected chi connectivity index (χ4v) is 13.2. The molecule has 36 nitrogen and oxygen atoms in total. The number of guanidine groups is 1. The summed E-state index contributed by atoms with van der Waals surface area (Å²) in [6.07, 6.45) is -0.338. The molecular formula is C70H105N17O19S2. The van der Waals surface area contributed by atoms with E-state index in [0.717, 1.165) is 4.90 Å². The Kier molecular flexibility index (Phi) is 36.2. The van der Waals surface area contributed by atoms with Crippen molar-refractivity contribution in [2.45, 2.75) is 197 Å². The van der Waals surface area contributed by atoms with Gasteiger partial charge < -0.3 is 105 Å². The number of aliphatic carboxylic acids is 2. The van der Waals surface area contributed by atoms with Gasteiger partial charge in [-0.15, -0.1) is 0 Å². The molecule has 0 aliphatic carbocycles. The van der Waals surface area contributed by atoms with Crippen LogP contribution in [0.4, 0.5) is 0 Å². The van der Waals surface area contributed by atoms with Gasteiger partial charge in [-0.05, 0) is 81.3 Å². The van der Waals surface area contributed by atoms with Crippen molar-refractivity contribution >= 4 is 120 Å². The molecule has 0 bridgehead atoms. The maximum Gasteiger partial charge on any atom is 0.326 e. The number of benzene rings is 2. The number of amides is 13. The van der Waals surface area contributed by atoms with Crippen molar-refractivity contribution < 1.29 is 92.3 Å². The zero-order valence-electron chi connectivity index (χ0n) is 61.3. The van der Waals surface area contributed by atoms with Crippen LogP contribution in [0.1, 0.15) is 116 Å². The van der Waals surface area contributed by atoms with Crippen LogP contribution in [0, 0.1) is 11.8 Å². The molecule has 2 aromatic carbocycles. The molecule has 3 heterocycles. The molecule has 38 heteroatoms. The average Bonchev–Trinajstić information content (AvgIpc) is 1.61. The van der Waals surface area contributed by atoms with Gasteiger partial charge in [0.25, 0.3) is 0 Å². The number of aliphatic imine (C=N–C) groups is 1. The molecule has 15 atom stereocenters. The molecule has 3 saturated heterocycles. The lowest BCUT2D eigenvalue weighted by Crippen LogP contribution is -2.62. The van der Waals surface area contributed by atoms with Crippen LogP contribution in [0.15, 0.2) is 65.7 Å². The van der Waals surface area contributed by atoms with Gasteiger partial charge in [-0.3, -0.25) is 72.1 Å². The van der Waals surface area contributed by atoms with Crippen LogP contribution in [-0.4, -0.2) is 271 Å². The van der Waals surface area contributed by atoms with Crippen LogP contribution in [0.3, 0.4) is 0 Å². The Morgan fingerprint density at radius 1 is 0.556 bits per heavy atom. The summed E-state index contributed by atoms with van der Waals surface area (Å²) in [5, 5.41) is 63.3. The van der Waals surface area contributed by atoms with Gasteiger partial charge in [-0.25, -0.2) is 4.79 Å². The van der Waals surface area contributed by atoms with E-state index in [4.69, 9.17) is 17.2 Å². The zero-order chi connectivity index (χ0) is 80.1. The maximum atomic E-state index is 14.9. The lowest BCUT2D eigenvalue weighted by atomic mass is 9.96. The van der Waals surface area contributed by atoms with Gasteiger partial charge in [0.05, 0.1) is 32.2 Å². The molecular weight excluding hydrogens is 1450 g/mol. The minimum Gasteiger partial charge on any atom is -0.481 e. The quantitative estimate of drug-likeness (QED) is 0.0129. The summed E-state index contributed by atoms with van der Waals surface area (Å²) in [6, 6.07) is -0.0436. The van der Waals surface area contributed by atoms with Crippen molar-refractivity contribution in [2.75, 3.05) is 57.4 Å². The molecule has 0 radical (unpaired) electrons. The molecule has 108 heavy (non-hydrogen) atoms. The minimum absolute atomic E-state index is 0.0130. The highest BCUT2D eigenvalue weighted by atomic mass is 32.1. The molecule has 5 rings (SSSR count). The summed E-state index contributed by atoms with van der Waals surface area (Å²) in [5.74, 6) is -15.9. The number of hydrogen-bond acceptors (Lipinski definition) is 21. The number of nitrogens with two attached hydrogens (primary N) is 3. The molecule has 13 amide bonds. The number of carboxylic acid groups (broad SMARTS) is 2. The van der Waals surface area contributed by atoms with E-state index in [0.29, 0.717) is 43.2 Å². The van der Waals surface area contributed by atoms with Gasteiger partial charge in [0.15, 0.2) is 5.96 Å². The number of thiol groups is 2. The first-order chi connectivity index (χ1) is 51.3. The van der Waals surface area contributed by atoms with Gasteiger partial charge in [-0.2, -0.15) is 25.3 Å². The van der Waals surface area contributed by atoms with Crippen molar-refractivity contribution in [3.8, 4) is 0 Å². The second-order valence-electron chi connectivity index (χ2n) is 27.0. The summed E-state index contributed by atoms with van der Waals surface area (Å²) < 4.78 is 0. The van der Waals surface area contributed by atoms with Crippen LogP contribution in [-0.2, 0) is 84.9 Å². The number of likely N-dealkylation sites (tertiary alicyclic amines) is 3. The van der Waals surface area contributed by atoms with Gasteiger partial charge in [0, 0.05) is 50.7 Å². The van der Waals surface area contributed by atoms with E-state index in [2.05, 4.69) is 78.1 Å². The Labute approximate surface area is 636 Å². The molecule has 3 aliphatic rings. The van der Waals surface area contributed by atoms with Crippen molar-refractivity contribution in [1.82, 2.24) is 67.5 Å². The first-order valence-electron chi connectivity index (χ1n) is 36.0. The minimum atomic E-state index is -1.79. The van der Waals surface area contributed by atoms with Crippen molar-refractivity contribution in [3.05, 3.63) is 71.8 Å². The Balaban J connectivity index is 1.27. The van der Waals surface area contributed by atoms with Gasteiger partial charge in [0.2, 0.25) is 76.8 Å². The number of carbonyl (C=O) groups is 15. The van der Waals surface area contributed by atoms with Crippen LogP contribution < -0.4 is 65.1 Å². The van der Waals surface area contributed by atoms with Gasteiger partial charge in [0.1, 0.15) is 72.5 Å². The Morgan fingerprint density at radius 2 is 1.04 bits per heavy atom. The zero-order valence-corrected chi connectivity index (χ0v) is 63.1.